The summed E-state index contributed by atoms with van der Waals surface area (Å²) in [6.45, 7) is -0.364. The van der Waals surface area contributed by atoms with E-state index in [0.29, 0.717) is 0 Å². The first kappa shape index (κ1) is 12.2. The molecular weight excluding hydrogens is 183 g/mol. The van der Waals surface area contributed by atoms with Gasteiger partial charge in [-0.05, 0) is 0 Å². The van der Waals surface area contributed by atoms with Crippen molar-refractivity contribution >= 4 is 7.28 Å². The summed E-state index contributed by atoms with van der Waals surface area (Å²) in [5.74, 6) is 0. The molecule has 0 spiro atoms. The van der Waals surface area contributed by atoms with Gasteiger partial charge in [-0.1, -0.05) is 0 Å². The van der Waals surface area contributed by atoms with Gasteiger partial charge in [-0.3, -0.25) is 0 Å². The molecule has 0 radical (unpaired) electrons. The number of aliphatic hydroxyl groups excluding tert-OH is 2. The molecule has 0 aromatic rings. The van der Waals surface area contributed by atoms with Crippen LogP contribution >= 0.6 is 7.28 Å². The number of hydrogen-bond donors (Lipinski definition) is 5. The molecular formula is C6H17O5P. The van der Waals surface area contributed by atoms with E-state index in [-0.39, 0.29) is 38.4 Å². The predicted molar refractivity (Wildman–Crippen MR) is 46.7 cm³/mol. The molecule has 0 saturated carbocycles. The molecule has 0 fully saturated rings. The van der Waals surface area contributed by atoms with Crippen molar-refractivity contribution in [3.8, 4) is 0 Å². The van der Waals surface area contributed by atoms with Crippen molar-refractivity contribution in [1.29, 1.82) is 0 Å². The molecule has 0 rings (SSSR count). The third-order valence-corrected chi connectivity index (χ3v) is 4.01. The van der Waals surface area contributed by atoms with Gasteiger partial charge < -0.3 is 0 Å². The van der Waals surface area contributed by atoms with Crippen LogP contribution in [0.15, 0.2) is 0 Å². The van der Waals surface area contributed by atoms with Crippen LogP contribution in [0.4, 0.5) is 0 Å². The topological polar surface area (TPSA) is 101 Å². The molecule has 0 unspecified atom stereocenters. The van der Waals surface area contributed by atoms with Crippen molar-refractivity contribution in [2.45, 2.75) is 12.8 Å². The Hall–Kier alpha value is 0.230. The molecule has 6 heteroatoms. The molecule has 0 saturated heterocycles. The van der Waals surface area contributed by atoms with Gasteiger partial charge in [0, 0.05) is 0 Å². The first-order valence-corrected chi connectivity index (χ1v) is 6.33. The van der Waals surface area contributed by atoms with Crippen molar-refractivity contribution in [3.05, 3.63) is 0 Å². The van der Waals surface area contributed by atoms with E-state index in [1.807, 2.05) is 0 Å². The standard InChI is InChI=1S/C6H17O5P/c7-3-1-5-12(9,10,11)6-2-4-8/h7-11H,1-6H2. The molecule has 0 amide bonds. The van der Waals surface area contributed by atoms with Gasteiger partial charge in [0.1, 0.15) is 0 Å². The second-order valence-electron chi connectivity index (χ2n) is 2.94. The molecule has 0 aliphatic carbocycles. The zero-order chi connectivity index (χ0) is 9.69. The minimum absolute atomic E-state index is 0.159. The minimum atomic E-state index is -4.53. The van der Waals surface area contributed by atoms with Crippen LogP contribution in [-0.4, -0.2) is 50.4 Å². The Morgan fingerprint density at radius 3 is 1.33 bits per heavy atom. The molecule has 0 aromatic carbocycles. The van der Waals surface area contributed by atoms with Gasteiger partial charge in [-0.2, -0.15) is 0 Å². The normalized spacial score (nSPS) is 15.6. The fourth-order valence-corrected chi connectivity index (χ4v) is 2.70. The van der Waals surface area contributed by atoms with Crippen LogP contribution in [0.2, 0.25) is 0 Å². The summed E-state index contributed by atoms with van der Waals surface area (Å²) < 4.78 is 0. The Balaban J connectivity index is 3.90. The van der Waals surface area contributed by atoms with E-state index in [9.17, 15) is 14.7 Å². The van der Waals surface area contributed by atoms with Gasteiger partial charge in [0.05, 0.1) is 0 Å². The summed E-state index contributed by atoms with van der Waals surface area (Å²) in [5.41, 5.74) is 0. The summed E-state index contributed by atoms with van der Waals surface area (Å²) in [7, 11) is -4.53. The maximum atomic E-state index is 9.26. The fraction of sp³-hybridized carbons (Fsp3) is 1.00. The van der Waals surface area contributed by atoms with Crippen LogP contribution in [-0.2, 0) is 0 Å². The molecule has 0 aliphatic heterocycles. The van der Waals surface area contributed by atoms with Crippen molar-refractivity contribution < 1.29 is 24.9 Å². The van der Waals surface area contributed by atoms with Gasteiger partial charge in [0.25, 0.3) is 0 Å². The Morgan fingerprint density at radius 2 is 1.08 bits per heavy atom. The van der Waals surface area contributed by atoms with Gasteiger partial charge in [0.15, 0.2) is 0 Å². The molecule has 0 bridgehead atoms. The maximum absolute atomic E-state index is 9.26. The monoisotopic (exact) mass is 200 g/mol. The second-order valence-corrected chi connectivity index (χ2v) is 6.52. The van der Waals surface area contributed by atoms with E-state index in [4.69, 9.17) is 10.2 Å². The second kappa shape index (κ2) is 4.46. The first-order valence-electron chi connectivity index (χ1n) is 3.86. The Labute approximate surface area is 71.5 Å². The van der Waals surface area contributed by atoms with E-state index in [2.05, 4.69) is 0 Å². The number of hydrogen-bond acceptors (Lipinski definition) is 5. The number of rotatable bonds is 6. The average molecular weight is 200 g/mol. The quantitative estimate of drug-likeness (QED) is 0.355. The van der Waals surface area contributed by atoms with Crippen LogP contribution in [0, 0.1) is 0 Å². The van der Waals surface area contributed by atoms with Crippen LogP contribution in [0.25, 0.3) is 0 Å². The number of aliphatic hydroxyl groups is 2. The van der Waals surface area contributed by atoms with Gasteiger partial charge in [0.2, 0.25) is 0 Å². The SMILES string of the molecule is OCCCP(O)(O)(O)CCCO. The van der Waals surface area contributed by atoms with Crippen LogP contribution in [0.3, 0.4) is 0 Å². The third-order valence-electron chi connectivity index (χ3n) is 1.55. The van der Waals surface area contributed by atoms with Crippen molar-refractivity contribution in [3.63, 3.8) is 0 Å². The van der Waals surface area contributed by atoms with Crippen LogP contribution < -0.4 is 0 Å². The molecule has 5 nitrogen and oxygen atoms in total. The molecule has 5 N–H and O–H groups in total. The zero-order valence-corrected chi connectivity index (χ0v) is 7.82. The molecule has 76 valence electrons. The summed E-state index contributed by atoms with van der Waals surface area (Å²) in [4.78, 5) is 27.8. The summed E-state index contributed by atoms with van der Waals surface area (Å²) in [5, 5.41) is 16.8. The van der Waals surface area contributed by atoms with Crippen molar-refractivity contribution in [1.82, 2.24) is 0 Å². The fourth-order valence-electron chi connectivity index (χ4n) is 0.901. The predicted octanol–water partition coefficient (Wildman–Crippen LogP) is -0.974. The van der Waals surface area contributed by atoms with Gasteiger partial charge in [-0.15, -0.1) is 0 Å². The molecule has 0 aromatic heterocycles. The Kier molecular flexibility index (Phi) is 4.55. The molecule has 0 heterocycles. The van der Waals surface area contributed by atoms with Crippen LogP contribution in [0.1, 0.15) is 12.8 Å². The van der Waals surface area contributed by atoms with Gasteiger partial charge in [-0.25, -0.2) is 0 Å². The van der Waals surface area contributed by atoms with E-state index >= 15 is 0 Å². The molecule has 0 atom stereocenters. The van der Waals surface area contributed by atoms with Gasteiger partial charge >= 0.3 is 70.6 Å². The Morgan fingerprint density at radius 1 is 0.750 bits per heavy atom. The summed E-state index contributed by atoms with van der Waals surface area (Å²) >= 11 is 0. The van der Waals surface area contributed by atoms with Crippen molar-refractivity contribution in [2.24, 2.45) is 0 Å². The summed E-state index contributed by atoms with van der Waals surface area (Å²) in [6.07, 6.45) is -0.0658. The first-order chi connectivity index (χ1) is 5.39. The van der Waals surface area contributed by atoms with Crippen LogP contribution in [0.5, 0.6) is 0 Å². The molecule has 0 aliphatic rings. The van der Waals surface area contributed by atoms with E-state index in [1.54, 1.807) is 0 Å². The van der Waals surface area contributed by atoms with E-state index < -0.39 is 7.28 Å². The third kappa shape index (κ3) is 5.83. The summed E-state index contributed by atoms with van der Waals surface area (Å²) in [6, 6.07) is 0. The van der Waals surface area contributed by atoms with Crippen molar-refractivity contribution in [2.75, 3.05) is 25.5 Å². The molecule has 12 heavy (non-hydrogen) atoms. The average Bonchev–Trinajstić information content (AvgIpc) is 1.97. The Bertz CT molecular complexity index is 118. The van der Waals surface area contributed by atoms with E-state index in [1.165, 1.54) is 0 Å². The zero-order valence-electron chi connectivity index (χ0n) is 6.93. The van der Waals surface area contributed by atoms with E-state index in [0.717, 1.165) is 0 Å².